The first-order chi connectivity index (χ1) is 7.71. The molecule has 0 aromatic heterocycles. The first-order valence-corrected chi connectivity index (χ1v) is 6.16. The van der Waals surface area contributed by atoms with E-state index >= 15 is 0 Å². The fraction of sp³-hybridized carbons (Fsp3) is 0.417. The molecule has 3 N–H and O–H groups in total. The zero-order chi connectivity index (χ0) is 12.0. The van der Waals surface area contributed by atoms with Crippen molar-refractivity contribution in [2.24, 2.45) is 5.73 Å². The predicted molar refractivity (Wildman–Crippen MR) is 70.2 cm³/mol. The molecule has 0 saturated heterocycles. The molecule has 1 atom stereocenters. The van der Waals surface area contributed by atoms with E-state index in [1.807, 2.05) is 12.1 Å². The Bertz CT molecular complexity index is 384. The Morgan fingerprint density at radius 1 is 1.56 bits per heavy atom. The summed E-state index contributed by atoms with van der Waals surface area (Å²) in [5.41, 5.74) is 7.32. The molecule has 3 nitrogen and oxygen atoms in total. The molecule has 86 valence electrons. The molecule has 1 rings (SSSR count). The standard InChI is InChI=1S/C12H16BrN3/c1-2-3-10(8-15)16-12-5-4-9(7-14)6-11(12)13/h4-6,10,16H,2-3,8,15H2,1H3. The van der Waals surface area contributed by atoms with Crippen molar-refractivity contribution in [1.82, 2.24) is 0 Å². The number of halogens is 1. The highest BCUT2D eigenvalue weighted by Gasteiger charge is 2.07. The van der Waals surface area contributed by atoms with Crippen LogP contribution in [0.15, 0.2) is 22.7 Å². The third-order valence-corrected chi connectivity index (χ3v) is 3.04. The van der Waals surface area contributed by atoms with Gasteiger partial charge < -0.3 is 11.1 Å². The average molecular weight is 282 g/mol. The van der Waals surface area contributed by atoms with Crippen molar-refractivity contribution in [3.63, 3.8) is 0 Å². The van der Waals surface area contributed by atoms with Crippen molar-refractivity contribution in [1.29, 1.82) is 5.26 Å². The molecule has 16 heavy (non-hydrogen) atoms. The third kappa shape index (κ3) is 3.51. The molecule has 0 radical (unpaired) electrons. The Morgan fingerprint density at radius 3 is 2.81 bits per heavy atom. The van der Waals surface area contributed by atoms with E-state index in [0.717, 1.165) is 23.0 Å². The molecule has 0 saturated carbocycles. The molecule has 0 aliphatic rings. The number of nitrogens with two attached hydrogens (primary N) is 1. The monoisotopic (exact) mass is 281 g/mol. The average Bonchev–Trinajstić information content (AvgIpc) is 2.30. The molecule has 0 amide bonds. The molecule has 0 fully saturated rings. The van der Waals surface area contributed by atoms with Crippen LogP contribution in [-0.2, 0) is 0 Å². The van der Waals surface area contributed by atoms with Gasteiger partial charge in [0.05, 0.1) is 11.6 Å². The minimum atomic E-state index is 0.286. The van der Waals surface area contributed by atoms with E-state index in [2.05, 4.69) is 34.2 Å². The van der Waals surface area contributed by atoms with E-state index in [4.69, 9.17) is 11.0 Å². The van der Waals surface area contributed by atoms with E-state index in [1.54, 1.807) is 6.07 Å². The number of hydrogen-bond donors (Lipinski definition) is 2. The molecule has 0 aliphatic carbocycles. The molecule has 1 unspecified atom stereocenters. The van der Waals surface area contributed by atoms with Crippen LogP contribution in [0.4, 0.5) is 5.69 Å². The Morgan fingerprint density at radius 2 is 2.31 bits per heavy atom. The molecule has 0 bridgehead atoms. The lowest BCUT2D eigenvalue weighted by atomic mass is 10.1. The number of nitriles is 1. The molecule has 4 heteroatoms. The fourth-order valence-electron chi connectivity index (χ4n) is 1.52. The van der Waals surface area contributed by atoms with Gasteiger partial charge in [-0.25, -0.2) is 0 Å². The van der Waals surface area contributed by atoms with Gasteiger partial charge in [-0.1, -0.05) is 13.3 Å². The van der Waals surface area contributed by atoms with E-state index in [1.165, 1.54) is 0 Å². The second-order valence-electron chi connectivity index (χ2n) is 3.67. The summed E-state index contributed by atoms with van der Waals surface area (Å²) < 4.78 is 0.904. The molecule has 1 aromatic carbocycles. The van der Waals surface area contributed by atoms with Gasteiger partial charge in [-0.05, 0) is 40.5 Å². The van der Waals surface area contributed by atoms with Crippen LogP contribution in [0.3, 0.4) is 0 Å². The van der Waals surface area contributed by atoms with Gasteiger partial charge in [-0.2, -0.15) is 5.26 Å². The summed E-state index contributed by atoms with van der Waals surface area (Å²) in [4.78, 5) is 0. The van der Waals surface area contributed by atoms with Crippen molar-refractivity contribution in [3.05, 3.63) is 28.2 Å². The van der Waals surface area contributed by atoms with Crippen molar-refractivity contribution >= 4 is 21.6 Å². The molecule has 0 spiro atoms. The zero-order valence-electron chi connectivity index (χ0n) is 9.33. The number of nitrogens with zero attached hydrogens (tertiary/aromatic N) is 1. The largest absolute Gasteiger partial charge is 0.380 e. The maximum Gasteiger partial charge on any atom is 0.0992 e. The number of hydrogen-bond acceptors (Lipinski definition) is 3. The fourth-order valence-corrected chi connectivity index (χ4v) is 2.01. The normalized spacial score (nSPS) is 11.9. The van der Waals surface area contributed by atoms with Crippen LogP contribution in [0, 0.1) is 11.3 Å². The number of anilines is 1. The summed E-state index contributed by atoms with van der Waals surface area (Å²) in [5, 5.41) is 12.1. The smallest absolute Gasteiger partial charge is 0.0992 e. The molecular weight excluding hydrogens is 266 g/mol. The van der Waals surface area contributed by atoms with Crippen molar-refractivity contribution < 1.29 is 0 Å². The van der Waals surface area contributed by atoms with E-state index in [9.17, 15) is 0 Å². The second-order valence-corrected chi connectivity index (χ2v) is 4.53. The Kier molecular flexibility index (Phi) is 5.30. The minimum absolute atomic E-state index is 0.286. The first kappa shape index (κ1) is 13.0. The van der Waals surface area contributed by atoms with Crippen molar-refractivity contribution in [2.45, 2.75) is 25.8 Å². The SMILES string of the molecule is CCCC(CN)Nc1ccc(C#N)cc1Br. The van der Waals surface area contributed by atoms with Crippen LogP contribution in [0.25, 0.3) is 0 Å². The first-order valence-electron chi connectivity index (χ1n) is 5.37. The molecular formula is C12H16BrN3. The van der Waals surface area contributed by atoms with Crippen molar-refractivity contribution in [3.8, 4) is 6.07 Å². The van der Waals surface area contributed by atoms with E-state index in [0.29, 0.717) is 12.1 Å². The van der Waals surface area contributed by atoms with Crippen LogP contribution < -0.4 is 11.1 Å². The minimum Gasteiger partial charge on any atom is -0.380 e. The lowest BCUT2D eigenvalue weighted by molar-refractivity contribution is 0.648. The van der Waals surface area contributed by atoms with Crippen LogP contribution in [-0.4, -0.2) is 12.6 Å². The predicted octanol–water partition coefficient (Wildman–Crippen LogP) is 2.86. The number of nitrogens with one attached hydrogen (secondary N) is 1. The number of benzene rings is 1. The quantitative estimate of drug-likeness (QED) is 0.873. The lowest BCUT2D eigenvalue weighted by Gasteiger charge is -2.18. The van der Waals surface area contributed by atoms with Gasteiger partial charge in [0.25, 0.3) is 0 Å². The summed E-state index contributed by atoms with van der Waals surface area (Å²) in [6, 6.07) is 7.90. The summed E-state index contributed by atoms with van der Waals surface area (Å²) in [5.74, 6) is 0. The highest BCUT2D eigenvalue weighted by atomic mass is 79.9. The van der Waals surface area contributed by atoms with Gasteiger partial charge >= 0.3 is 0 Å². The van der Waals surface area contributed by atoms with Crippen LogP contribution >= 0.6 is 15.9 Å². The third-order valence-electron chi connectivity index (χ3n) is 2.38. The van der Waals surface area contributed by atoms with E-state index < -0.39 is 0 Å². The van der Waals surface area contributed by atoms with Gasteiger partial charge in [0.1, 0.15) is 0 Å². The Balaban J connectivity index is 2.77. The topological polar surface area (TPSA) is 61.8 Å². The molecule has 1 aromatic rings. The van der Waals surface area contributed by atoms with Gasteiger partial charge in [0.2, 0.25) is 0 Å². The lowest BCUT2D eigenvalue weighted by Crippen LogP contribution is -2.28. The Labute approximate surface area is 105 Å². The second kappa shape index (κ2) is 6.51. The van der Waals surface area contributed by atoms with Crippen LogP contribution in [0.1, 0.15) is 25.3 Å². The maximum absolute atomic E-state index is 8.75. The summed E-state index contributed by atoms with van der Waals surface area (Å²) >= 11 is 3.44. The van der Waals surface area contributed by atoms with Crippen molar-refractivity contribution in [2.75, 3.05) is 11.9 Å². The van der Waals surface area contributed by atoms with Crippen LogP contribution in [0.2, 0.25) is 0 Å². The summed E-state index contributed by atoms with van der Waals surface area (Å²) in [7, 11) is 0. The van der Waals surface area contributed by atoms with Gasteiger partial charge in [-0.3, -0.25) is 0 Å². The van der Waals surface area contributed by atoms with Gasteiger partial charge in [0, 0.05) is 22.7 Å². The molecule has 0 heterocycles. The van der Waals surface area contributed by atoms with E-state index in [-0.39, 0.29) is 6.04 Å². The highest BCUT2D eigenvalue weighted by molar-refractivity contribution is 9.10. The maximum atomic E-state index is 8.75. The summed E-state index contributed by atoms with van der Waals surface area (Å²) in [6.07, 6.45) is 2.14. The number of rotatable bonds is 5. The van der Waals surface area contributed by atoms with Gasteiger partial charge in [0.15, 0.2) is 0 Å². The Hall–Kier alpha value is -1.05. The summed E-state index contributed by atoms with van der Waals surface area (Å²) in [6.45, 7) is 2.75. The van der Waals surface area contributed by atoms with Gasteiger partial charge in [-0.15, -0.1) is 0 Å². The van der Waals surface area contributed by atoms with Crippen LogP contribution in [0.5, 0.6) is 0 Å². The molecule has 0 aliphatic heterocycles. The zero-order valence-corrected chi connectivity index (χ0v) is 10.9. The highest BCUT2D eigenvalue weighted by Crippen LogP contribution is 2.24.